The second kappa shape index (κ2) is 6.88. The number of nitrogens with one attached hydrogen (secondary N) is 1. The third-order valence-electron chi connectivity index (χ3n) is 3.31. The molecule has 2 rings (SSSR count). The molecule has 2 aromatic rings. The quantitative estimate of drug-likeness (QED) is 0.883. The summed E-state index contributed by atoms with van der Waals surface area (Å²) in [5.74, 6) is 0.234. The molecule has 0 aliphatic rings. The smallest absolute Gasteiger partial charge is 0.255 e. The number of benzene rings is 1. The molecule has 0 saturated carbocycles. The van der Waals surface area contributed by atoms with E-state index in [1.54, 1.807) is 6.07 Å². The molecule has 0 atom stereocenters. The number of rotatable bonds is 5. The molecule has 3 N–H and O–H groups in total. The zero-order valence-corrected chi connectivity index (χ0v) is 12.5. The average Bonchev–Trinajstić information content (AvgIpc) is 2.47. The average molecular weight is 283 g/mol. The number of pyridine rings is 1. The highest BCUT2D eigenvalue weighted by Gasteiger charge is 2.10. The highest BCUT2D eigenvalue weighted by atomic mass is 16.1. The molecule has 1 amide bonds. The fourth-order valence-corrected chi connectivity index (χ4v) is 2.27. The predicted molar refractivity (Wildman–Crippen MR) is 86.4 cm³/mol. The number of aromatic nitrogens is 1. The molecular weight excluding hydrogens is 262 g/mol. The van der Waals surface area contributed by atoms with E-state index in [2.05, 4.69) is 24.1 Å². The summed E-state index contributed by atoms with van der Waals surface area (Å²) < 4.78 is 0. The van der Waals surface area contributed by atoms with Crippen LogP contribution in [0.15, 0.2) is 36.4 Å². The molecule has 1 aromatic carbocycles. The molecule has 1 aromatic heterocycles. The molecule has 1 heterocycles. The highest BCUT2D eigenvalue weighted by Crippen LogP contribution is 2.17. The lowest BCUT2D eigenvalue weighted by atomic mass is 10.1. The maximum Gasteiger partial charge on any atom is 0.255 e. The summed E-state index contributed by atoms with van der Waals surface area (Å²) in [5.41, 5.74) is 9.15. The van der Waals surface area contributed by atoms with Crippen LogP contribution >= 0.6 is 0 Å². The van der Waals surface area contributed by atoms with Crippen LogP contribution in [0.1, 0.15) is 41.9 Å². The third kappa shape index (κ3) is 3.81. The Morgan fingerprint density at radius 2 is 2.00 bits per heavy atom. The van der Waals surface area contributed by atoms with Crippen LogP contribution in [0.25, 0.3) is 0 Å². The van der Waals surface area contributed by atoms with Gasteiger partial charge in [-0.1, -0.05) is 38.5 Å². The number of carbonyl (C=O) groups excluding carboxylic acids is 1. The van der Waals surface area contributed by atoms with E-state index in [9.17, 15) is 4.79 Å². The van der Waals surface area contributed by atoms with Gasteiger partial charge in [0.15, 0.2) is 0 Å². The van der Waals surface area contributed by atoms with Gasteiger partial charge in [-0.15, -0.1) is 0 Å². The Balaban J connectivity index is 2.24. The first kappa shape index (κ1) is 15.0. The maximum atomic E-state index is 12.4. The fraction of sp³-hybridized carbons (Fsp3) is 0.294. The summed E-state index contributed by atoms with van der Waals surface area (Å²) in [6.07, 6.45) is 2.66. The Bertz CT molecular complexity index is 638. The van der Waals surface area contributed by atoms with Crippen molar-refractivity contribution < 1.29 is 4.79 Å². The van der Waals surface area contributed by atoms with Gasteiger partial charge in [0.1, 0.15) is 5.82 Å². The molecule has 0 fully saturated rings. The van der Waals surface area contributed by atoms with Crippen molar-refractivity contribution in [2.75, 3.05) is 11.1 Å². The van der Waals surface area contributed by atoms with E-state index in [1.807, 2.05) is 30.3 Å². The first-order valence-corrected chi connectivity index (χ1v) is 7.29. The summed E-state index contributed by atoms with van der Waals surface area (Å²) in [6.45, 7) is 4.14. The van der Waals surface area contributed by atoms with Crippen LogP contribution in [0.2, 0.25) is 0 Å². The largest absolute Gasteiger partial charge is 0.384 e. The van der Waals surface area contributed by atoms with Gasteiger partial charge in [-0.05, 0) is 36.6 Å². The lowest BCUT2D eigenvalue weighted by molar-refractivity contribution is 0.102. The molecule has 0 aliphatic heterocycles. The van der Waals surface area contributed by atoms with Crippen molar-refractivity contribution in [3.05, 3.63) is 53.2 Å². The fourth-order valence-electron chi connectivity index (χ4n) is 2.27. The Kier molecular flexibility index (Phi) is 4.93. The summed E-state index contributed by atoms with van der Waals surface area (Å²) in [7, 11) is 0. The van der Waals surface area contributed by atoms with Gasteiger partial charge in [-0.2, -0.15) is 0 Å². The Morgan fingerprint density at radius 3 is 2.71 bits per heavy atom. The second-order valence-electron chi connectivity index (χ2n) is 4.99. The number of amides is 1. The number of hydrogen-bond donors (Lipinski definition) is 2. The highest BCUT2D eigenvalue weighted by molar-refractivity contribution is 6.05. The number of carbonyl (C=O) groups is 1. The van der Waals surface area contributed by atoms with Crippen molar-refractivity contribution in [1.82, 2.24) is 4.98 Å². The van der Waals surface area contributed by atoms with Gasteiger partial charge in [0.2, 0.25) is 0 Å². The molecule has 21 heavy (non-hydrogen) atoms. The number of nitrogens with two attached hydrogens (primary N) is 1. The number of aryl methyl sites for hydroxylation is 2. The first-order valence-electron chi connectivity index (χ1n) is 7.29. The lowest BCUT2D eigenvalue weighted by Crippen LogP contribution is -2.14. The zero-order chi connectivity index (χ0) is 15.2. The normalized spacial score (nSPS) is 10.4. The van der Waals surface area contributed by atoms with E-state index >= 15 is 0 Å². The molecular formula is C17H21N3O. The SMILES string of the molecule is CCCc1cc(C(=O)Nc2ccccc2CC)cc(N)n1. The monoisotopic (exact) mass is 283 g/mol. The first-order chi connectivity index (χ1) is 10.1. The second-order valence-corrected chi connectivity index (χ2v) is 4.99. The Labute approximate surface area is 125 Å². The molecule has 110 valence electrons. The van der Waals surface area contributed by atoms with E-state index in [0.717, 1.165) is 36.2 Å². The summed E-state index contributed by atoms with van der Waals surface area (Å²) >= 11 is 0. The third-order valence-corrected chi connectivity index (χ3v) is 3.31. The zero-order valence-electron chi connectivity index (χ0n) is 12.5. The van der Waals surface area contributed by atoms with Crippen molar-refractivity contribution in [1.29, 1.82) is 0 Å². The van der Waals surface area contributed by atoms with Crippen molar-refractivity contribution in [2.24, 2.45) is 0 Å². The summed E-state index contributed by atoms with van der Waals surface area (Å²) in [4.78, 5) is 16.6. The number of para-hydroxylation sites is 1. The molecule has 0 bridgehead atoms. The molecule has 0 radical (unpaired) electrons. The van der Waals surface area contributed by atoms with Crippen molar-refractivity contribution in [3.63, 3.8) is 0 Å². The molecule has 0 unspecified atom stereocenters. The van der Waals surface area contributed by atoms with Crippen LogP contribution < -0.4 is 11.1 Å². The molecule has 4 nitrogen and oxygen atoms in total. The minimum atomic E-state index is -0.151. The summed E-state index contributed by atoms with van der Waals surface area (Å²) in [6, 6.07) is 11.2. The molecule has 0 aliphatic carbocycles. The number of nitrogens with zero attached hydrogens (tertiary/aromatic N) is 1. The Morgan fingerprint density at radius 1 is 1.24 bits per heavy atom. The number of anilines is 2. The van der Waals surface area contributed by atoms with E-state index in [0.29, 0.717) is 11.4 Å². The van der Waals surface area contributed by atoms with Gasteiger partial charge in [0.05, 0.1) is 0 Å². The van der Waals surface area contributed by atoms with Crippen LogP contribution in [-0.4, -0.2) is 10.9 Å². The standard InChI is InChI=1S/C17H21N3O/c1-3-7-14-10-13(11-16(18)19-14)17(21)20-15-9-6-5-8-12(15)4-2/h5-6,8-11H,3-4,7H2,1-2H3,(H2,18,19)(H,20,21). The van der Waals surface area contributed by atoms with E-state index in [4.69, 9.17) is 5.73 Å². The number of hydrogen-bond acceptors (Lipinski definition) is 3. The van der Waals surface area contributed by atoms with Gasteiger partial charge in [-0.25, -0.2) is 4.98 Å². The lowest BCUT2D eigenvalue weighted by Gasteiger charge is -2.10. The molecule has 4 heteroatoms. The predicted octanol–water partition coefficient (Wildman–Crippen LogP) is 3.43. The van der Waals surface area contributed by atoms with Gasteiger partial charge in [-0.3, -0.25) is 4.79 Å². The van der Waals surface area contributed by atoms with Crippen LogP contribution in [0.3, 0.4) is 0 Å². The van der Waals surface area contributed by atoms with Crippen LogP contribution in [0, 0.1) is 0 Å². The van der Waals surface area contributed by atoms with E-state index < -0.39 is 0 Å². The van der Waals surface area contributed by atoms with Gasteiger partial charge in [0, 0.05) is 16.9 Å². The number of nitrogen functional groups attached to an aromatic ring is 1. The van der Waals surface area contributed by atoms with Crippen molar-refractivity contribution in [2.45, 2.75) is 33.1 Å². The van der Waals surface area contributed by atoms with Crippen LogP contribution in [0.5, 0.6) is 0 Å². The topological polar surface area (TPSA) is 68.0 Å². The van der Waals surface area contributed by atoms with Crippen LogP contribution in [0.4, 0.5) is 11.5 Å². The van der Waals surface area contributed by atoms with Gasteiger partial charge < -0.3 is 11.1 Å². The van der Waals surface area contributed by atoms with Crippen LogP contribution in [-0.2, 0) is 12.8 Å². The van der Waals surface area contributed by atoms with Crippen molar-refractivity contribution in [3.8, 4) is 0 Å². The maximum absolute atomic E-state index is 12.4. The minimum absolute atomic E-state index is 0.151. The summed E-state index contributed by atoms with van der Waals surface area (Å²) in [5, 5.41) is 2.95. The molecule has 0 saturated heterocycles. The Hall–Kier alpha value is -2.36. The van der Waals surface area contributed by atoms with E-state index in [-0.39, 0.29) is 5.91 Å². The van der Waals surface area contributed by atoms with Crippen molar-refractivity contribution >= 4 is 17.4 Å². The van der Waals surface area contributed by atoms with Gasteiger partial charge >= 0.3 is 0 Å². The van der Waals surface area contributed by atoms with E-state index in [1.165, 1.54) is 0 Å². The minimum Gasteiger partial charge on any atom is -0.384 e. The molecule has 0 spiro atoms. The van der Waals surface area contributed by atoms with Gasteiger partial charge in [0.25, 0.3) is 5.91 Å².